The molecule has 3 heterocycles. The van der Waals surface area contributed by atoms with Crippen molar-refractivity contribution in [3.05, 3.63) is 69.8 Å². The van der Waals surface area contributed by atoms with E-state index in [0.717, 1.165) is 5.56 Å². The van der Waals surface area contributed by atoms with Crippen molar-refractivity contribution in [2.24, 2.45) is 0 Å². The Morgan fingerprint density at radius 1 is 1.13 bits per heavy atom. The van der Waals surface area contributed by atoms with Crippen molar-refractivity contribution in [3.8, 4) is 5.82 Å². The van der Waals surface area contributed by atoms with Crippen LogP contribution < -0.4 is 16.2 Å². The van der Waals surface area contributed by atoms with Gasteiger partial charge in [0.1, 0.15) is 0 Å². The van der Waals surface area contributed by atoms with Crippen LogP contribution in [0.15, 0.2) is 47.4 Å². The number of nitrogens with zero attached hydrogens (tertiary/aromatic N) is 3. The number of H-pyrrole nitrogens is 1. The Labute approximate surface area is 170 Å². The Balaban J connectivity index is 1.53. The van der Waals surface area contributed by atoms with Crippen LogP contribution in [0.5, 0.6) is 0 Å². The fourth-order valence-electron chi connectivity index (χ4n) is 3.40. The van der Waals surface area contributed by atoms with Gasteiger partial charge in [0.15, 0.2) is 5.82 Å². The van der Waals surface area contributed by atoms with Gasteiger partial charge in [-0.05, 0) is 30.7 Å². The van der Waals surface area contributed by atoms with Crippen LogP contribution in [-0.2, 0) is 9.59 Å². The minimum Gasteiger partial charge on any atom is -0.322 e. The molecule has 1 saturated heterocycles. The zero-order valence-corrected chi connectivity index (χ0v) is 16.0. The number of piperidine rings is 1. The third kappa shape index (κ3) is 3.88. The second-order valence-electron chi connectivity index (χ2n) is 6.99. The lowest BCUT2D eigenvalue weighted by Crippen LogP contribution is -2.37. The first-order chi connectivity index (χ1) is 14.4. The van der Waals surface area contributed by atoms with Crippen molar-refractivity contribution in [1.82, 2.24) is 25.3 Å². The molecule has 30 heavy (non-hydrogen) atoms. The van der Waals surface area contributed by atoms with Crippen LogP contribution in [0.1, 0.15) is 40.4 Å². The number of hydrogen-bond donors (Lipinski definition) is 3. The van der Waals surface area contributed by atoms with Gasteiger partial charge in [-0.3, -0.25) is 24.5 Å². The third-order valence-electron chi connectivity index (χ3n) is 4.89. The number of aromatic amines is 1. The standard InChI is InChI=1S/C20H18N6O4/c1-11-15(10-21-26(11)16-5-6-17(27)25-24-16)20(30)22-14-4-2-3-12(7-14)13-8-18(28)23-19(29)9-13/h2-7,10,13H,8-9H2,1H3,(H,22,30)(H,25,27)(H,23,28,29). The Morgan fingerprint density at radius 2 is 1.90 bits per heavy atom. The van der Waals surface area contributed by atoms with E-state index in [9.17, 15) is 19.2 Å². The van der Waals surface area contributed by atoms with Gasteiger partial charge in [-0.25, -0.2) is 9.78 Å². The molecule has 0 atom stereocenters. The van der Waals surface area contributed by atoms with Crippen molar-refractivity contribution in [2.45, 2.75) is 25.7 Å². The molecule has 1 fully saturated rings. The van der Waals surface area contributed by atoms with Crippen molar-refractivity contribution in [2.75, 3.05) is 5.32 Å². The smallest absolute Gasteiger partial charge is 0.264 e. The molecule has 10 nitrogen and oxygen atoms in total. The maximum absolute atomic E-state index is 12.8. The topological polar surface area (TPSA) is 139 Å². The first kappa shape index (κ1) is 19.2. The Kier molecular flexibility index (Phi) is 4.97. The number of benzene rings is 1. The van der Waals surface area contributed by atoms with Gasteiger partial charge in [0.25, 0.3) is 11.5 Å². The molecule has 3 N–H and O–H groups in total. The van der Waals surface area contributed by atoms with Crippen molar-refractivity contribution in [3.63, 3.8) is 0 Å². The molecule has 0 aliphatic carbocycles. The Hall–Kier alpha value is -4.08. The highest BCUT2D eigenvalue weighted by atomic mass is 16.2. The summed E-state index contributed by atoms with van der Waals surface area (Å²) in [6.45, 7) is 1.72. The zero-order valence-electron chi connectivity index (χ0n) is 16.0. The number of rotatable bonds is 4. The first-order valence-corrected chi connectivity index (χ1v) is 9.25. The summed E-state index contributed by atoms with van der Waals surface area (Å²) in [5.74, 6) is -0.806. The van der Waals surface area contributed by atoms with Crippen molar-refractivity contribution < 1.29 is 14.4 Å². The SMILES string of the molecule is Cc1c(C(=O)Nc2cccc(C3CC(=O)NC(=O)C3)c2)cnn1-c1ccc(=O)[nH]n1. The van der Waals surface area contributed by atoms with Gasteiger partial charge in [0, 0.05) is 30.5 Å². The second-order valence-corrected chi connectivity index (χ2v) is 6.99. The Morgan fingerprint density at radius 3 is 2.60 bits per heavy atom. The summed E-state index contributed by atoms with van der Waals surface area (Å²) >= 11 is 0. The van der Waals surface area contributed by atoms with E-state index in [0.29, 0.717) is 22.8 Å². The highest BCUT2D eigenvalue weighted by Crippen LogP contribution is 2.28. The highest BCUT2D eigenvalue weighted by molar-refractivity contribution is 6.05. The molecule has 10 heteroatoms. The van der Waals surface area contributed by atoms with Gasteiger partial charge < -0.3 is 5.32 Å². The summed E-state index contributed by atoms with van der Waals surface area (Å²) in [7, 11) is 0. The summed E-state index contributed by atoms with van der Waals surface area (Å²) in [6, 6.07) is 9.92. The summed E-state index contributed by atoms with van der Waals surface area (Å²) in [5.41, 5.74) is 1.92. The molecule has 0 spiro atoms. The minimum atomic E-state index is -0.363. The van der Waals surface area contributed by atoms with Crippen molar-refractivity contribution in [1.29, 1.82) is 0 Å². The molecule has 4 rings (SSSR count). The van der Waals surface area contributed by atoms with E-state index in [1.807, 2.05) is 6.07 Å². The van der Waals surface area contributed by atoms with E-state index in [1.54, 1.807) is 25.1 Å². The lowest BCUT2D eigenvalue weighted by molar-refractivity contribution is -0.133. The minimum absolute atomic E-state index is 0.223. The maximum Gasteiger partial charge on any atom is 0.264 e. The van der Waals surface area contributed by atoms with Crippen molar-refractivity contribution >= 4 is 23.4 Å². The van der Waals surface area contributed by atoms with Gasteiger partial charge >= 0.3 is 0 Å². The molecule has 2 aromatic heterocycles. The number of imide groups is 1. The Bertz CT molecular complexity index is 1180. The molecule has 152 valence electrons. The van der Waals surface area contributed by atoms with Crippen LogP contribution in [0, 0.1) is 6.92 Å². The molecule has 3 amide bonds. The van der Waals surface area contributed by atoms with Crippen LogP contribution in [0.2, 0.25) is 0 Å². The lowest BCUT2D eigenvalue weighted by atomic mass is 9.89. The van der Waals surface area contributed by atoms with E-state index < -0.39 is 0 Å². The first-order valence-electron chi connectivity index (χ1n) is 9.25. The monoisotopic (exact) mass is 406 g/mol. The molecular weight excluding hydrogens is 388 g/mol. The van der Waals surface area contributed by atoms with Gasteiger partial charge in [0.05, 0.1) is 17.5 Å². The van der Waals surface area contributed by atoms with E-state index in [1.165, 1.54) is 23.0 Å². The third-order valence-corrected chi connectivity index (χ3v) is 4.89. The van der Waals surface area contributed by atoms with Crippen LogP contribution in [0.25, 0.3) is 5.82 Å². The number of amides is 3. The lowest BCUT2D eigenvalue weighted by Gasteiger charge is -2.21. The normalized spacial score (nSPS) is 14.4. The van der Waals surface area contributed by atoms with E-state index >= 15 is 0 Å². The molecule has 0 unspecified atom stereocenters. The number of anilines is 1. The zero-order chi connectivity index (χ0) is 21.3. The fraction of sp³-hybridized carbons (Fsp3) is 0.200. The summed E-state index contributed by atoms with van der Waals surface area (Å²) in [6.07, 6.45) is 1.87. The molecule has 3 aromatic rings. The van der Waals surface area contributed by atoms with Crippen LogP contribution in [-0.4, -0.2) is 37.7 Å². The number of carbonyl (C=O) groups excluding carboxylic acids is 3. The van der Waals surface area contributed by atoms with E-state index in [4.69, 9.17) is 0 Å². The van der Waals surface area contributed by atoms with E-state index in [-0.39, 0.29) is 42.0 Å². The predicted octanol–water partition coefficient (Wildman–Crippen LogP) is 1.04. The molecule has 0 bridgehead atoms. The molecule has 1 aliphatic heterocycles. The average Bonchev–Trinajstić information content (AvgIpc) is 3.09. The fourth-order valence-corrected chi connectivity index (χ4v) is 3.40. The van der Waals surface area contributed by atoms with E-state index in [2.05, 4.69) is 25.9 Å². The molecule has 1 aromatic carbocycles. The molecule has 1 aliphatic rings. The molecule has 0 saturated carbocycles. The van der Waals surface area contributed by atoms with Gasteiger partial charge in [-0.2, -0.15) is 10.2 Å². The van der Waals surface area contributed by atoms with Gasteiger partial charge in [-0.15, -0.1) is 0 Å². The number of nitrogens with one attached hydrogen (secondary N) is 3. The number of aromatic nitrogens is 4. The summed E-state index contributed by atoms with van der Waals surface area (Å²) in [4.78, 5) is 47.2. The van der Waals surface area contributed by atoms with Gasteiger partial charge in [-0.1, -0.05) is 12.1 Å². The van der Waals surface area contributed by atoms with Crippen LogP contribution in [0.4, 0.5) is 5.69 Å². The maximum atomic E-state index is 12.8. The predicted molar refractivity (Wildman–Crippen MR) is 106 cm³/mol. The quantitative estimate of drug-likeness (QED) is 0.553. The number of hydrogen-bond acceptors (Lipinski definition) is 6. The highest BCUT2D eigenvalue weighted by Gasteiger charge is 2.26. The number of carbonyl (C=O) groups is 3. The molecule has 0 radical (unpaired) electrons. The summed E-state index contributed by atoms with van der Waals surface area (Å²) in [5, 5.41) is 15.5. The van der Waals surface area contributed by atoms with Crippen LogP contribution >= 0.6 is 0 Å². The molecular formula is C20H18N6O4. The largest absolute Gasteiger partial charge is 0.322 e. The van der Waals surface area contributed by atoms with Gasteiger partial charge in [0.2, 0.25) is 11.8 Å². The van der Waals surface area contributed by atoms with Crippen LogP contribution in [0.3, 0.4) is 0 Å². The average molecular weight is 406 g/mol. The second kappa shape index (κ2) is 7.74. The summed E-state index contributed by atoms with van der Waals surface area (Å²) < 4.78 is 1.45.